The van der Waals surface area contributed by atoms with E-state index in [4.69, 9.17) is 0 Å². The fraction of sp³-hybridized carbons (Fsp3) is 0.750. The minimum atomic E-state index is -0.0872. The first-order chi connectivity index (χ1) is 9.47. The molecule has 2 rings (SSSR count). The molecule has 1 fully saturated rings. The molecule has 2 atom stereocenters. The summed E-state index contributed by atoms with van der Waals surface area (Å²) in [4.78, 5) is 15.0. The van der Waals surface area contributed by atoms with E-state index in [2.05, 4.69) is 16.9 Å². The highest BCUT2D eigenvalue weighted by Gasteiger charge is 2.31. The number of nitrogens with zero attached hydrogens (tertiary/aromatic N) is 3. The number of amides is 1. The molecule has 0 N–H and O–H groups in total. The van der Waals surface area contributed by atoms with E-state index < -0.39 is 0 Å². The Hall–Kier alpha value is -1.32. The summed E-state index contributed by atoms with van der Waals surface area (Å²) in [6.45, 7) is 9.18. The van der Waals surface area contributed by atoms with E-state index in [1.54, 1.807) is 0 Å². The lowest BCUT2D eigenvalue weighted by Gasteiger charge is -2.37. The van der Waals surface area contributed by atoms with Crippen molar-refractivity contribution in [3.05, 3.63) is 17.0 Å². The van der Waals surface area contributed by atoms with Crippen LogP contribution in [0, 0.1) is 13.8 Å². The third kappa shape index (κ3) is 2.60. The van der Waals surface area contributed by atoms with Crippen molar-refractivity contribution in [2.24, 2.45) is 7.05 Å². The first-order valence-electron chi connectivity index (χ1n) is 7.77. The molecule has 1 aliphatic rings. The summed E-state index contributed by atoms with van der Waals surface area (Å²) < 4.78 is 1.88. The van der Waals surface area contributed by atoms with E-state index in [1.165, 1.54) is 6.42 Å². The third-order valence-corrected chi connectivity index (χ3v) is 4.75. The number of hydrogen-bond acceptors (Lipinski definition) is 2. The highest BCUT2D eigenvalue weighted by molar-refractivity contribution is 5.84. The molecule has 1 amide bonds. The molecule has 1 aromatic heterocycles. The maximum Gasteiger partial charge on any atom is 0.230 e. The molecule has 0 aliphatic carbocycles. The van der Waals surface area contributed by atoms with Gasteiger partial charge in [-0.3, -0.25) is 9.48 Å². The molecule has 2 heterocycles. The first-order valence-corrected chi connectivity index (χ1v) is 7.77. The average Bonchev–Trinajstić information content (AvgIpc) is 2.70. The normalized spacial score (nSPS) is 21.1. The molecule has 4 heteroatoms. The van der Waals surface area contributed by atoms with Crippen LogP contribution in [-0.2, 0) is 11.8 Å². The van der Waals surface area contributed by atoms with Gasteiger partial charge in [0.05, 0.1) is 11.6 Å². The second-order valence-corrected chi connectivity index (χ2v) is 6.02. The van der Waals surface area contributed by atoms with Gasteiger partial charge in [0.1, 0.15) is 0 Å². The van der Waals surface area contributed by atoms with Crippen LogP contribution in [0.2, 0.25) is 0 Å². The Kier molecular flexibility index (Phi) is 4.51. The van der Waals surface area contributed by atoms with Crippen LogP contribution in [-0.4, -0.2) is 33.2 Å². The summed E-state index contributed by atoms with van der Waals surface area (Å²) in [6, 6.07) is 0.427. The Morgan fingerprint density at radius 3 is 2.65 bits per heavy atom. The van der Waals surface area contributed by atoms with Crippen LogP contribution in [0.25, 0.3) is 0 Å². The standard InChI is InChI=1S/C16H27N3O/c1-6-14-9-7-8-10-19(14)16(20)11(2)15-12(3)17-18(5)13(15)4/h11,14H,6-10H2,1-5H3/t11-,14+/m0/s1. The minimum Gasteiger partial charge on any atom is -0.339 e. The van der Waals surface area contributed by atoms with Gasteiger partial charge in [0.15, 0.2) is 0 Å². The summed E-state index contributed by atoms with van der Waals surface area (Å²) in [6.07, 6.45) is 4.60. The molecule has 112 valence electrons. The van der Waals surface area contributed by atoms with Crippen molar-refractivity contribution in [1.82, 2.24) is 14.7 Å². The number of aromatic nitrogens is 2. The van der Waals surface area contributed by atoms with Gasteiger partial charge >= 0.3 is 0 Å². The predicted molar refractivity (Wildman–Crippen MR) is 80.7 cm³/mol. The number of likely N-dealkylation sites (tertiary alicyclic amines) is 1. The van der Waals surface area contributed by atoms with Gasteiger partial charge in [-0.25, -0.2) is 0 Å². The second-order valence-electron chi connectivity index (χ2n) is 6.02. The second kappa shape index (κ2) is 5.98. The van der Waals surface area contributed by atoms with E-state index in [0.717, 1.165) is 42.8 Å². The molecule has 1 saturated heterocycles. The first kappa shape index (κ1) is 15.1. The molecule has 1 aromatic rings. The Balaban J connectivity index is 2.23. The SMILES string of the molecule is CC[C@@H]1CCCCN1C(=O)[C@@H](C)c1c(C)nn(C)c1C. The molecule has 0 saturated carbocycles. The van der Waals surface area contributed by atoms with Crippen LogP contribution >= 0.6 is 0 Å². The van der Waals surface area contributed by atoms with Crippen LogP contribution < -0.4 is 0 Å². The molecular weight excluding hydrogens is 250 g/mol. The predicted octanol–water partition coefficient (Wildman–Crippen LogP) is 2.93. The third-order valence-electron chi connectivity index (χ3n) is 4.75. The summed E-state index contributed by atoms with van der Waals surface area (Å²) in [5, 5.41) is 4.44. The van der Waals surface area contributed by atoms with Crippen molar-refractivity contribution in [2.75, 3.05) is 6.54 Å². The smallest absolute Gasteiger partial charge is 0.230 e. The van der Waals surface area contributed by atoms with Crippen molar-refractivity contribution in [1.29, 1.82) is 0 Å². The quantitative estimate of drug-likeness (QED) is 0.852. The van der Waals surface area contributed by atoms with E-state index in [0.29, 0.717) is 6.04 Å². The van der Waals surface area contributed by atoms with E-state index >= 15 is 0 Å². The lowest BCUT2D eigenvalue weighted by atomic mass is 9.93. The zero-order chi connectivity index (χ0) is 14.9. The van der Waals surface area contributed by atoms with E-state index in [9.17, 15) is 4.79 Å². The maximum atomic E-state index is 12.9. The molecular formula is C16H27N3O. The zero-order valence-corrected chi connectivity index (χ0v) is 13.4. The minimum absolute atomic E-state index is 0.0872. The highest BCUT2D eigenvalue weighted by atomic mass is 16.2. The topological polar surface area (TPSA) is 38.1 Å². The number of rotatable bonds is 3. The number of hydrogen-bond donors (Lipinski definition) is 0. The average molecular weight is 277 g/mol. The van der Waals surface area contributed by atoms with Gasteiger partial charge < -0.3 is 4.90 Å². The van der Waals surface area contributed by atoms with Crippen LogP contribution in [0.4, 0.5) is 0 Å². The lowest BCUT2D eigenvalue weighted by molar-refractivity contribution is -0.136. The van der Waals surface area contributed by atoms with Crippen LogP contribution in [0.15, 0.2) is 0 Å². The van der Waals surface area contributed by atoms with Crippen molar-refractivity contribution < 1.29 is 4.79 Å². The summed E-state index contributed by atoms with van der Waals surface area (Å²) in [5.74, 6) is 0.187. The number of aryl methyl sites for hydroxylation is 2. The van der Waals surface area contributed by atoms with Crippen molar-refractivity contribution in [2.45, 2.75) is 65.3 Å². The Bertz CT molecular complexity index is 492. The molecule has 20 heavy (non-hydrogen) atoms. The van der Waals surface area contributed by atoms with Gasteiger partial charge in [-0.15, -0.1) is 0 Å². The number of piperidine rings is 1. The molecule has 0 aromatic carbocycles. The van der Waals surface area contributed by atoms with Crippen molar-refractivity contribution in [3.8, 4) is 0 Å². The Labute approximate surface area is 122 Å². The monoisotopic (exact) mass is 277 g/mol. The van der Waals surface area contributed by atoms with Crippen LogP contribution in [0.5, 0.6) is 0 Å². The Morgan fingerprint density at radius 2 is 2.10 bits per heavy atom. The Morgan fingerprint density at radius 1 is 1.40 bits per heavy atom. The number of carbonyl (C=O) groups is 1. The lowest BCUT2D eigenvalue weighted by Crippen LogP contribution is -2.45. The fourth-order valence-corrected chi connectivity index (χ4v) is 3.50. The van der Waals surface area contributed by atoms with Gasteiger partial charge in [-0.2, -0.15) is 5.10 Å². The molecule has 0 spiro atoms. The molecule has 0 unspecified atom stereocenters. The molecule has 0 radical (unpaired) electrons. The molecule has 0 bridgehead atoms. The molecule has 1 aliphatic heterocycles. The van der Waals surface area contributed by atoms with Crippen LogP contribution in [0.1, 0.15) is 62.4 Å². The largest absolute Gasteiger partial charge is 0.339 e. The summed E-state index contributed by atoms with van der Waals surface area (Å²) in [7, 11) is 1.94. The maximum absolute atomic E-state index is 12.9. The van der Waals surface area contributed by atoms with E-state index in [-0.39, 0.29) is 11.8 Å². The summed E-state index contributed by atoms with van der Waals surface area (Å²) in [5.41, 5.74) is 3.20. The fourth-order valence-electron chi connectivity index (χ4n) is 3.50. The van der Waals surface area contributed by atoms with Gasteiger partial charge in [-0.05, 0) is 46.5 Å². The van der Waals surface area contributed by atoms with Crippen molar-refractivity contribution in [3.63, 3.8) is 0 Å². The highest BCUT2D eigenvalue weighted by Crippen LogP contribution is 2.28. The number of carbonyl (C=O) groups excluding carboxylic acids is 1. The van der Waals surface area contributed by atoms with Gasteiger partial charge in [0.25, 0.3) is 0 Å². The van der Waals surface area contributed by atoms with Gasteiger partial charge in [0.2, 0.25) is 5.91 Å². The zero-order valence-electron chi connectivity index (χ0n) is 13.4. The van der Waals surface area contributed by atoms with Crippen LogP contribution in [0.3, 0.4) is 0 Å². The van der Waals surface area contributed by atoms with Crippen molar-refractivity contribution >= 4 is 5.91 Å². The molecule has 4 nitrogen and oxygen atoms in total. The summed E-state index contributed by atoms with van der Waals surface area (Å²) >= 11 is 0. The van der Waals surface area contributed by atoms with Gasteiger partial charge in [0, 0.05) is 30.9 Å². The van der Waals surface area contributed by atoms with E-state index in [1.807, 2.05) is 32.5 Å². The van der Waals surface area contributed by atoms with Gasteiger partial charge in [-0.1, -0.05) is 6.92 Å².